The van der Waals surface area contributed by atoms with Gasteiger partial charge < -0.3 is 4.74 Å². The summed E-state index contributed by atoms with van der Waals surface area (Å²) < 4.78 is 4.85. The normalized spacial score (nSPS) is 9.69. The van der Waals surface area contributed by atoms with Gasteiger partial charge >= 0.3 is 5.97 Å². The Kier molecular flexibility index (Phi) is 3.77. The summed E-state index contributed by atoms with van der Waals surface area (Å²) in [6.07, 6.45) is 0. The standard InChI is InChI=1S/C10H11ClO2/c1-8-2-4-9(5-3-8)7-13-10(12)6-11/h2-5H,6-7H2,1H3. The molecule has 3 heteroatoms. The third-order valence-electron chi connectivity index (χ3n) is 1.63. The van der Waals surface area contributed by atoms with Gasteiger partial charge in [0.1, 0.15) is 12.5 Å². The number of aryl methyl sites for hydroxylation is 1. The minimum atomic E-state index is -0.387. The summed E-state index contributed by atoms with van der Waals surface area (Å²) in [5, 5.41) is 0. The van der Waals surface area contributed by atoms with Crippen LogP contribution in [0.15, 0.2) is 24.3 Å². The first-order valence-corrected chi connectivity index (χ1v) is 4.53. The molecule has 0 bridgehead atoms. The Balaban J connectivity index is 2.46. The molecule has 0 atom stereocenters. The molecular formula is C10H11ClO2. The second kappa shape index (κ2) is 4.87. The van der Waals surface area contributed by atoms with Crippen molar-refractivity contribution in [1.29, 1.82) is 0 Å². The van der Waals surface area contributed by atoms with Crippen LogP contribution in [0.1, 0.15) is 11.1 Å². The van der Waals surface area contributed by atoms with Crippen LogP contribution in [0.25, 0.3) is 0 Å². The lowest BCUT2D eigenvalue weighted by molar-refractivity contribution is -0.141. The highest BCUT2D eigenvalue weighted by Gasteiger charge is 1.99. The fourth-order valence-corrected chi connectivity index (χ4v) is 0.964. The molecule has 0 radical (unpaired) electrons. The first-order chi connectivity index (χ1) is 6.22. The van der Waals surface area contributed by atoms with E-state index in [2.05, 4.69) is 0 Å². The fourth-order valence-electron chi connectivity index (χ4n) is 0.887. The first-order valence-electron chi connectivity index (χ1n) is 3.99. The summed E-state index contributed by atoms with van der Waals surface area (Å²) in [5.74, 6) is -0.478. The number of alkyl halides is 1. The summed E-state index contributed by atoms with van der Waals surface area (Å²) in [6.45, 7) is 2.31. The number of esters is 1. The smallest absolute Gasteiger partial charge is 0.321 e. The van der Waals surface area contributed by atoms with Gasteiger partial charge in [0.15, 0.2) is 0 Å². The first kappa shape index (κ1) is 10.1. The lowest BCUT2D eigenvalue weighted by atomic mass is 10.2. The summed E-state index contributed by atoms with van der Waals surface area (Å²) in [6, 6.07) is 7.81. The van der Waals surface area contributed by atoms with E-state index in [0.717, 1.165) is 5.56 Å². The van der Waals surface area contributed by atoms with Gasteiger partial charge in [-0.1, -0.05) is 29.8 Å². The summed E-state index contributed by atoms with van der Waals surface area (Å²) >= 11 is 5.27. The van der Waals surface area contributed by atoms with E-state index < -0.39 is 0 Å². The molecule has 70 valence electrons. The largest absolute Gasteiger partial charge is 0.460 e. The van der Waals surface area contributed by atoms with Crippen molar-refractivity contribution in [3.05, 3.63) is 35.4 Å². The Morgan fingerprint density at radius 2 is 2.00 bits per heavy atom. The predicted molar refractivity (Wildman–Crippen MR) is 51.7 cm³/mol. The number of rotatable bonds is 3. The van der Waals surface area contributed by atoms with E-state index in [-0.39, 0.29) is 11.8 Å². The van der Waals surface area contributed by atoms with E-state index in [4.69, 9.17) is 16.3 Å². The molecule has 0 saturated carbocycles. The Labute approximate surface area is 82.5 Å². The minimum Gasteiger partial charge on any atom is -0.460 e. The average Bonchev–Trinajstić information content (AvgIpc) is 2.16. The van der Waals surface area contributed by atoms with Gasteiger partial charge in [-0.05, 0) is 12.5 Å². The summed E-state index contributed by atoms with van der Waals surface area (Å²) in [5.41, 5.74) is 2.16. The number of hydrogen-bond donors (Lipinski definition) is 0. The zero-order chi connectivity index (χ0) is 9.68. The Bertz CT molecular complexity index is 279. The van der Waals surface area contributed by atoms with E-state index in [9.17, 15) is 4.79 Å². The van der Waals surface area contributed by atoms with Crippen molar-refractivity contribution in [1.82, 2.24) is 0 Å². The van der Waals surface area contributed by atoms with Gasteiger partial charge in [0.25, 0.3) is 0 Å². The van der Waals surface area contributed by atoms with Gasteiger partial charge in [0.2, 0.25) is 0 Å². The maximum atomic E-state index is 10.7. The molecule has 0 aliphatic heterocycles. The second-order valence-electron chi connectivity index (χ2n) is 2.78. The molecule has 0 saturated heterocycles. The third kappa shape index (κ3) is 3.47. The van der Waals surface area contributed by atoms with Crippen LogP contribution in [0.2, 0.25) is 0 Å². The summed E-state index contributed by atoms with van der Waals surface area (Å²) in [4.78, 5) is 10.7. The Morgan fingerprint density at radius 3 is 2.54 bits per heavy atom. The monoisotopic (exact) mass is 198 g/mol. The van der Waals surface area contributed by atoms with Gasteiger partial charge in [-0.2, -0.15) is 0 Å². The molecule has 1 rings (SSSR count). The van der Waals surface area contributed by atoms with Crippen LogP contribution >= 0.6 is 11.6 Å². The van der Waals surface area contributed by atoms with Crippen molar-refractivity contribution in [3.8, 4) is 0 Å². The molecular weight excluding hydrogens is 188 g/mol. The molecule has 2 nitrogen and oxygen atoms in total. The maximum absolute atomic E-state index is 10.7. The maximum Gasteiger partial charge on any atom is 0.321 e. The van der Waals surface area contributed by atoms with E-state index in [1.54, 1.807) is 0 Å². The summed E-state index contributed by atoms with van der Waals surface area (Å²) in [7, 11) is 0. The third-order valence-corrected chi connectivity index (χ3v) is 1.85. The number of halogens is 1. The molecule has 0 aliphatic rings. The Hall–Kier alpha value is -1.02. The van der Waals surface area contributed by atoms with Gasteiger partial charge in [0.05, 0.1) is 0 Å². The van der Waals surface area contributed by atoms with Crippen LogP contribution in [0.4, 0.5) is 0 Å². The highest BCUT2D eigenvalue weighted by molar-refractivity contribution is 6.26. The van der Waals surface area contributed by atoms with Crippen molar-refractivity contribution >= 4 is 17.6 Å². The van der Waals surface area contributed by atoms with E-state index in [1.807, 2.05) is 31.2 Å². The molecule has 0 aliphatic carbocycles. The predicted octanol–water partition coefficient (Wildman–Crippen LogP) is 2.28. The van der Waals surface area contributed by atoms with Gasteiger partial charge in [-0.3, -0.25) is 4.79 Å². The topological polar surface area (TPSA) is 26.3 Å². The highest BCUT2D eigenvalue weighted by atomic mass is 35.5. The zero-order valence-electron chi connectivity index (χ0n) is 7.42. The van der Waals surface area contributed by atoms with Gasteiger partial charge in [-0.15, -0.1) is 11.6 Å². The number of carbonyl (C=O) groups excluding carboxylic acids is 1. The number of ether oxygens (including phenoxy) is 1. The molecule has 0 spiro atoms. The van der Waals surface area contributed by atoms with Crippen LogP contribution in [0.3, 0.4) is 0 Å². The zero-order valence-corrected chi connectivity index (χ0v) is 8.17. The van der Waals surface area contributed by atoms with Crippen LogP contribution in [0.5, 0.6) is 0 Å². The molecule has 0 N–H and O–H groups in total. The molecule has 0 heterocycles. The quantitative estimate of drug-likeness (QED) is 0.550. The van der Waals surface area contributed by atoms with Crippen LogP contribution in [-0.2, 0) is 16.1 Å². The molecule has 0 aromatic heterocycles. The van der Waals surface area contributed by atoms with Crippen molar-refractivity contribution in [3.63, 3.8) is 0 Å². The molecule has 1 aromatic rings. The average molecular weight is 199 g/mol. The van der Waals surface area contributed by atoms with Crippen LogP contribution in [0, 0.1) is 6.92 Å². The number of hydrogen-bond acceptors (Lipinski definition) is 2. The minimum absolute atomic E-state index is 0.0914. The van der Waals surface area contributed by atoms with Crippen molar-refractivity contribution in [2.75, 3.05) is 5.88 Å². The van der Waals surface area contributed by atoms with Crippen molar-refractivity contribution < 1.29 is 9.53 Å². The van der Waals surface area contributed by atoms with E-state index >= 15 is 0 Å². The van der Waals surface area contributed by atoms with Crippen LogP contribution < -0.4 is 0 Å². The lowest BCUT2D eigenvalue weighted by Gasteiger charge is -2.02. The molecule has 0 amide bonds. The van der Waals surface area contributed by atoms with Crippen LogP contribution in [-0.4, -0.2) is 11.8 Å². The fraction of sp³-hybridized carbons (Fsp3) is 0.300. The van der Waals surface area contributed by atoms with Gasteiger partial charge in [0, 0.05) is 0 Å². The molecule has 13 heavy (non-hydrogen) atoms. The van der Waals surface area contributed by atoms with E-state index in [1.165, 1.54) is 5.56 Å². The lowest BCUT2D eigenvalue weighted by Crippen LogP contribution is -2.05. The number of benzene rings is 1. The molecule has 0 fully saturated rings. The highest BCUT2D eigenvalue weighted by Crippen LogP contribution is 2.04. The van der Waals surface area contributed by atoms with Crippen molar-refractivity contribution in [2.45, 2.75) is 13.5 Å². The van der Waals surface area contributed by atoms with E-state index in [0.29, 0.717) is 6.61 Å². The van der Waals surface area contributed by atoms with Gasteiger partial charge in [-0.25, -0.2) is 0 Å². The SMILES string of the molecule is Cc1ccc(COC(=O)CCl)cc1. The number of carbonyl (C=O) groups is 1. The second-order valence-corrected chi connectivity index (χ2v) is 3.05. The molecule has 1 aromatic carbocycles. The Morgan fingerprint density at radius 1 is 1.38 bits per heavy atom. The molecule has 0 unspecified atom stereocenters. The van der Waals surface area contributed by atoms with Crippen molar-refractivity contribution in [2.24, 2.45) is 0 Å².